The Morgan fingerprint density at radius 2 is 1.86 bits per heavy atom. The lowest BCUT2D eigenvalue weighted by molar-refractivity contribution is 0.714. The van der Waals surface area contributed by atoms with Crippen molar-refractivity contribution in [2.45, 2.75) is 39.0 Å². The average Bonchev–Trinajstić information content (AvgIpc) is 2.21. The number of nitriles is 1. The second kappa shape index (κ2) is 6.21. The van der Waals surface area contributed by atoms with Crippen molar-refractivity contribution in [3.05, 3.63) is 35.4 Å². The van der Waals surface area contributed by atoms with Gasteiger partial charge < -0.3 is 0 Å². The highest BCUT2D eigenvalue weighted by Crippen LogP contribution is 2.12. The first-order valence-electron chi connectivity index (χ1n) is 5.32. The fourth-order valence-corrected chi connectivity index (χ4v) is 1.62. The van der Waals surface area contributed by atoms with Crippen LogP contribution < -0.4 is 0 Å². The minimum Gasteiger partial charge on any atom is -0.198 e. The summed E-state index contributed by atoms with van der Waals surface area (Å²) >= 11 is 0. The topological polar surface area (TPSA) is 23.8 Å². The molecule has 0 aliphatic rings. The molecular weight excluding hydrogens is 170 g/mol. The average molecular weight is 187 g/mol. The molecule has 0 atom stereocenters. The van der Waals surface area contributed by atoms with E-state index in [1.54, 1.807) is 0 Å². The zero-order chi connectivity index (χ0) is 10.2. The Morgan fingerprint density at radius 1 is 1.14 bits per heavy atom. The maximum absolute atomic E-state index is 8.67. The summed E-state index contributed by atoms with van der Waals surface area (Å²) in [6.45, 7) is 2.21. The van der Waals surface area contributed by atoms with E-state index in [1.807, 2.05) is 6.07 Å². The molecule has 0 aliphatic heterocycles. The SMILES string of the molecule is CCCCCc1ccccc1CC#N. The zero-order valence-corrected chi connectivity index (χ0v) is 8.79. The first-order valence-corrected chi connectivity index (χ1v) is 5.32. The van der Waals surface area contributed by atoms with Crippen molar-refractivity contribution in [1.29, 1.82) is 5.26 Å². The van der Waals surface area contributed by atoms with Gasteiger partial charge in [-0.1, -0.05) is 44.0 Å². The van der Waals surface area contributed by atoms with Gasteiger partial charge in [0.15, 0.2) is 0 Å². The summed E-state index contributed by atoms with van der Waals surface area (Å²) < 4.78 is 0. The molecule has 0 saturated carbocycles. The van der Waals surface area contributed by atoms with Crippen LogP contribution in [0.2, 0.25) is 0 Å². The van der Waals surface area contributed by atoms with E-state index in [4.69, 9.17) is 5.26 Å². The Hall–Kier alpha value is -1.29. The molecule has 0 spiro atoms. The first-order chi connectivity index (χ1) is 6.88. The molecule has 0 amide bonds. The van der Waals surface area contributed by atoms with Crippen molar-refractivity contribution in [1.82, 2.24) is 0 Å². The summed E-state index contributed by atoms with van der Waals surface area (Å²) in [5.41, 5.74) is 2.55. The van der Waals surface area contributed by atoms with Crippen LogP contribution in [0.25, 0.3) is 0 Å². The van der Waals surface area contributed by atoms with Crippen LogP contribution in [0, 0.1) is 11.3 Å². The normalized spacial score (nSPS) is 9.71. The molecule has 1 nitrogen and oxygen atoms in total. The Balaban J connectivity index is 2.60. The number of rotatable bonds is 5. The van der Waals surface area contributed by atoms with Gasteiger partial charge >= 0.3 is 0 Å². The maximum Gasteiger partial charge on any atom is 0.0669 e. The molecule has 0 fully saturated rings. The van der Waals surface area contributed by atoms with Gasteiger partial charge in [0.2, 0.25) is 0 Å². The molecule has 1 aromatic carbocycles. The zero-order valence-electron chi connectivity index (χ0n) is 8.79. The quantitative estimate of drug-likeness (QED) is 0.647. The van der Waals surface area contributed by atoms with Crippen molar-refractivity contribution in [3.63, 3.8) is 0 Å². The van der Waals surface area contributed by atoms with Crippen LogP contribution in [0.5, 0.6) is 0 Å². The van der Waals surface area contributed by atoms with Crippen LogP contribution >= 0.6 is 0 Å². The van der Waals surface area contributed by atoms with Crippen LogP contribution in [0.4, 0.5) is 0 Å². The fraction of sp³-hybridized carbons (Fsp3) is 0.462. The molecular formula is C13H17N. The predicted octanol–water partition coefficient (Wildman–Crippen LogP) is 3.49. The number of hydrogen-bond donors (Lipinski definition) is 0. The summed E-state index contributed by atoms with van der Waals surface area (Å²) in [5, 5.41) is 8.67. The fourth-order valence-electron chi connectivity index (χ4n) is 1.62. The van der Waals surface area contributed by atoms with Gasteiger partial charge in [0.05, 0.1) is 12.5 Å². The molecule has 0 unspecified atom stereocenters. The Labute approximate surface area is 86.4 Å². The van der Waals surface area contributed by atoms with E-state index >= 15 is 0 Å². The van der Waals surface area contributed by atoms with Gasteiger partial charge in [-0.2, -0.15) is 5.26 Å². The van der Waals surface area contributed by atoms with Gasteiger partial charge in [0.25, 0.3) is 0 Å². The summed E-state index contributed by atoms with van der Waals surface area (Å²) in [6.07, 6.45) is 5.42. The van der Waals surface area contributed by atoms with Gasteiger partial charge in [-0.15, -0.1) is 0 Å². The van der Waals surface area contributed by atoms with Crippen LogP contribution in [0.3, 0.4) is 0 Å². The van der Waals surface area contributed by atoms with Gasteiger partial charge in [0.1, 0.15) is 0 Å². The monoisotopic (exact) mass is 187 g/mol. The van der Waals surface area contributed by atoms with Gasteiger partial charge in [-0.05, 0) is 24.0 Å². The summed E-state index contributed by atoms with van der Waals surface area (Å²) in [6, 6.07) is 10.5. The standard InChI is InChI=1S/C13H17N/c1-2-3-4-7-12-8-5-6-9-13(12)10-11-14/h5-6,8-9H,2-4,7,10H2,1H3. The third-order valence-electron chi connectivity index (χ3n) is 2.44. The number of nitrogens with zero attached hydrogens (tertiary/aromatic N) is 1. The minimum absolute atomic E-state index is 0.544. The van der Waals surface area contributed by atoms with Gasteiger partial charge in [0, 0.05) is 0 Å². The molecule has 1 aromatic rings. The van der Waals surface area contributed by atoms with E-state index in [9.17, 15) is 0 Å². The van der Waals surface area contributed by atoms with Gasteiger partial charge in [-0.3, -0.25) is 0 Å². The largest absolute Gasteiger partial charge is 0.198 e. The van der Waals surface area contributed by atoms with Crippen LogP contribution in [-0.4, -0.2) is 0 Å². The molecule has 0 radical (unpaired) electrons. The van der Waals surface area contributed by atoms with Crippen LogP contribution in [0.1, 0.15) is 37.3 Å². The van der Waals surface area contributed by atoms with E-state index in [1.165, 1.54) is 30.4 Å². The second-order valence-electron chi connectivity index (χ2n) is 3.56. The first kappa shape index (κ1) is 10.8. The highest BCUT2D eigenvalue weighted by atomic mass is 14.2. The predicted molar refractivity (Wildman–Crippen MR) is 59.0 cm³/mol. The highest BCUT2D eigenvalue weighted by molar-refractivity contribution is 5.29. The number of unbranched alkanes of at least 4 members (excludes halogenated alkanes) is 2. The lowest BCUT2D eigenvalue weighted by atomic mass is 10.00. The van der Waals surface area contributed by atoms with Crippen molar-refractivity contribution >= 4 is 0 Å². The third kappa shape index (κ3) is 3.22. The lowest BCUT2D eigenvalue weighted by Crippen LogP contribution is -1.93. The molecule has 14 heavy (non-hydrogen) atoms. The van der Waals surface area contributed by atoms with Crippen molar-refractivity contribution < 1.29 is 0 Å². The summed E-state index contributed by atoms with van der Waals surface area (Å²) in [4.78, 5) is 0. The van der Waals surface area contributed by atoms with E-state index < -0.39 is 0 Å². The molecule has 0 aromatic heterocycles. The van der Waals surface area contributed by atoms with Gasteiger partial charge in [-0.25, -0.2) is 0 Å². The molecule has 74 valence electrons. The second-order valence-corrected chi connectivity index (χ2v) is 3.56. The molecule has 0 saturated heterocycles. The molecule has 0 heterocycles. The number of hydrogen-bond acceptors (Lipinski definition) is 1. The molecule has 1 heteroatoms. The Morgan fingerprint density at radius 3 is 2.50 bits per heavy atom. The Bertz CT molecular complexity index is 309. The van der Waals surface area contributed by atoms with E-state index in [0.29, 0.717) is 6.42 Å². The van der Waals surface area contributed by atoms with Crippen molar-refractivity contribution in [3.8, 4) is 6.07 Å². The molecule has 1 rings (SSSR count). The highest BCUT2D eigenvalue weighted by Gasteiger charge is 2.00. The maximum atomic E-state index is 8.67. The summed E-state index contributed by atoms with van der Waals surface area (Å²) in [5.74, 6) is 0. The summed E-state index contributed by atoms with van der Waals surface area (Å²) in [7, 11) is 0. The van der Waals surface area contributed by atoms with Crippen molar-refractivity contribution in [2.24, 2.45) is 0 Å². The smallest absolute Gasteiger partial charge is 0.0669 e. The van der Waals surface area contributed by atoms with Crippen LogP contribution in [-0.2, 0) is 12.8 Å². The minimum atomic E-state index is 0.544. The van der Waals surface area contributed by atoms with Crippen molar-refractivity contribution in [2.75, 3.05) is 0 Å². The molecule has 0 aliphatic carbocycles. The molecule has 0 bridgehead atoms. The van der Waals surface area contributed by atoms with Crippen LogP contribution in [0.15, 0.2) is 24.3 Å². The molecule has 0 N–H and O–H groups in total. The number of benzene rings is 1. The lowest BCUT2D eigenvalue weighted by Gasteiger charge is -2.05. The van der Waals surface area contributed by atoms with E-state index in [2.05, 4.69) is 31.2 Å². The van der Waals surface area contributed by atoms with E-state index in [-0.39, 0.29) is 0 Å². The number of aryl methyl sites for hydroxylation is 1. The Kier molecular flexibility index (Phi) is 4.78. The van der Waals surface area contributed by atoms with E-state index in [0.717, 1.165) is 6.42 Å². The third-order valence-corrected chi connectivity index (χ3v) is 2.44.